The van der Waals surface area contributed by atoms with Gasteiger partial charge in [-0.25, -0.2) is 7.29 Å². The molecule has 2 rings (SSSR count). The van der Waals surface area contributed by atoms with Crippen molar-refractivity contribution >= 4 is 22.9 Å². The molecule has 0 aliphatic heterocycles. The van der Waals surface area contributed by atoms with Gasteiger partial charge < -0.3 is 0 Å². The molecule has 4 heteroatoms. The van der Waals surface area contributed by atoms with Gasteiger partial charge in [0.05, 0.1) is 28.6 Å². The minimum Gasteiger partial charge on any atom is -0.211 e. The normalized spacial score (nSPS) is 10.4. The topological polar surface area (TPSA) is 17.8 Å². The Morgan fingerprint density at radius 1 is 1.29 bits per heavy atom. The maximum atomic E-state index is 13.2. The van der Waals surface area contributed by atoms with E-state index in [1.54, 1.807) is 15.0 Å². The van der Waals surface area contributed by atoms with E-state index >= 15 is 0 Å². The molecule has 0 unspecified atom stereocenters. The molecule has 0 radical (unpaired) electrons. The minimum absolute atomic E-state index is 0.171. The van der Waals surface area contributed by atoms with Gasteiger partial charge in [0.1, 0.15) is 5.82 Å². The third-order valence-electron chi connectivity index (χ3n) is 1.94. The molecule has 1 aromatic carbocycles. The highest BCUT2D eigenvalue weighted by Crippen LogP contribution is 2.11. The highest BCUT2D eigenvalue weighted by Gasteiger charge is 2.03. The number of benzene rings is 1. The van der Waals surface area contributed by atoms with Crippen molar-refractivity contribution in [3.63, 3.8) is 0 Å². The SMILES string of the molecule is Fc1ccccc1Cc1ccn(I)n1. The molecule has 0 aliphatic carbocycles. The standard InChI is InChI=1S/C10H8FIN2/c11-10-4-2-1-3-8(10)7-9-5-6-14(12)13-9/h1-6H,7H2. The lowest BCUT2D eigenvalue weighted by Gasteiger charge is -1.98. The zero-order chi connectivity index (χ0) is 9.97. The molecule has 2 aromatic rings. The van der Waals surface area contributed by atoms with Crippen LogP contribution in [0.25, 0.3) is 0 Å². The molecule has 0 saturated carbocycles. The van der Waals surface area contributed by atoms with Gasteiger partial charge in [-0.1, -0.05) is 18.2 Å². The van der Waals surface area contributed by atoms with E-state index in [2.05, 4.69) is 28.0 Å². The lowest BCUT2D eigenvalue weighted by Crippen LogP contribution is -1.93. The van der Waals surface area contributed by atoms with Crippen molar-refractivity contribution in [2.75, 3.05) is 0 Å². The maximum absolute atomic E-state index is 13.2. The second-order valence-corrected chi connectivity index (χ2v) is 3.95. The summed E-state index contributed by atoms with van der Waals surface area (Å²) in [7, 11) is 0. The average Bonchev–Trinajstić information content (AvgIpc) is 2.56. The maximum Gasteiger partial charge on any atom is 0.126 e. The zero-order valence-corrected chi connectivity index (χ0v) is 9.48. The summed E-state index contributed by atoms with van der Waals surface area (Å²) in [5.41, 5.74) is 1.56. The van der Waals surface area contributed by atoms with E-state index in [0.29, 0.717) is 12.0 Å². The molecule has 0 N–H and O–H groups in total. The first-order valence-corrected chi connectivity index (χ1v) is 5.16. The fourth-order valence-electron chi connectivity index (χ4n) is 1.27. The van der Waals surface area contributed by atoms with Crippen LogP contribution in [0.2, 0.25) is 0 Å². The van der Waals surface area contributed by atoms with Crippen molar-refractivity contribution in [3.05, 3.63) is 53.6 Å². The summed E-state index contributed by atoms with van der Waals surface area (Å²) in [6, 6.07) is 8.66. The Balaban J connectivity index is 2.23. The Kier molecular flexibility index (Phi) is 2.81. The number of hydrogen-bond donors (Lipinski definition) is 0. The molecule has 14 heavy (non-hydrogen) atoms. The molecule has 0 bridgehead atoms. The second-order valence-electron chi connectivity index (χ2n) is 2.96. The van der Waals surface area contributed by atoms with Crippen LogP contribution in [0, 0.1) is 5.82 Å². The highest BCUT2D eigenvalue weighted by molar-refractivity contribution is 14.1. The Bertz CT molecular complexity index is 439. The first-order valence-electron chi connectivity index (χ1n) is 4.20. The predicted molar refractivity (Wildman–Crippen MR) is 60.9 cm³/mol. The van der Waals surface area contributed by atoms with E-state index in [1.807, 2.05) is 18.3 Å². The fraction of sp³-hybridized carbons (Fsp3) is 0.100. The lowest BCUT2D eigenvalue weighted by molar-refractivity contribution is 0.613. The van der Waals surface area contributed by atoms with Crippen LogP contribution in [-0.2, 0) is 6.42 Å². The summed E-state index contributed by atoms with van der Waals surface area (Å²) in [5, 5.41) is 4.18. The van der Waals surface area contributed by atoms with Crippen LogP contribution < -0.4 is 0 Å². The van der Waals surface area contributed by atoms with Crippen LogP contribution in [0.1, 0.15) is 11.3 Å². The molecule has 1 heterocycles. The van der Waals surface area contributed by atoms with Crippen molar-refractivity contribution in [1.29, 1.82) is 0 Å². The van der Waals surface area contributed by atoms with Crippen molar-refractivity contribution in [2.45, 2.75) is 6.42 Å². The van der Waals surface area contributed by atoms with Crippen molar-refractivity contribution < 1.29 is 4.39 Å². The molecule has 2 nitrogen and oxygen atoms in total. The summed E-state index contributed by atoms with van der Waals surface area (Å²) < 4.78 is 14.9. The number of hydrogen-bond acceptors (Lipinski definition) is 1. The third-order valence-corrected chi connectivity index (χ3v) is 2.48. The van der Waals surface area contributed by atoms with Gasteiger partial charge in [-0.3, -0.25) is 0 Å². The highest BCUT2D eigenvalue weighted by atomic mass is 127. The number of aromatic nitrogens is 2. The quantitative estimate of drug-likeness (QED) is 0.780. The molecular weight excluding hydrogens is 294 g/mol. The van der Waals surface area contributed by atoms with Gasteiger partial charge in [-0.2, -0.15) is 5.10 Å². The molecule has 0 fully saturated rings. The molecule has 1 aromatic heterocycles. The minimum atomic E-state index is -0.171. The zero-order valence-electron chi connectivity index (χ0n) is 7.32. The molecule has 0 atom stereocenters. The van der Waals surface area contributed by atoms with E-state index < -0.39 is 0 Å². The van der Waals surface area contributed by atoms with E-state index in [4.69, 9.17) is 0 Å². The predicted octanol–water partition coefficient (Wildman–Crippen LogP) is 2.81. The van der Waals surface area contributed by atoms with Gasteiger partial charge in [0.25, 0.3) is 0 Å². The van der Waals surface area contributed by atoms with Gasteiger partial charge in [-0.05, 0) is 17.7 Å². The van der Waals surface area contributed by atoms with Gasteiger partial charge in [0.15, 0.2) is 0 Å². The van der Waals surface area contributed by atoms with Crippen molar-refractivity contribution in [1.82, 2.24) is 7.99 Å². The monoisotopic (exact) mass is 302 g/mol. The molecule has 0 spiro atoms. The van der Waals surface area contributed by atoms with E-state index in [-0.39, 0.29) is 5.82 Å². The molecule has 0 saturated heterocycles. The Hall–Kier alpha value is -0.910. The van der Waals surface area contributed by atoms with E-state index in [9.17, 15) is 4.39 Å². The second kappa shape index (κ2) is 4.08. The average molecular weight is 302 g/mol. The first-order chi connectivity index (χ1) is 6.75. The van der Waals surface area contributed by atoms with Gasteiger partial charge >= 0.3 is 0 Å². The summed E-state index contributed by atoms with van der Waals surface area (Å²) in [6.45, 7) is 0. The molecule has 0 aliphatic rings. The first kappa shape index (κ1) is 9.64. The smallest absolute Gasteiger partial charge is 0.126 e. The van der Waals surface area contributed by atoms with Crippen molar-refractivity contribution in [2.24, 2.45) is 0 Å². The summed E-state index contributed by atoms with van der Waals surface area (Å²) in [4.78, 5) is 0. The summed E-state index contributed by atoms with van der Waals surface area (Å²) in [6.07, 6.45) is 2.39. The number of nitrogens with zero attached hydrogens (tertiary/aromatic N) is 2. The summed E-state index contributed by atoms with van der Waals surface area (Å²) in [5.74, 6) is -0.171. The number of rotatable bonds is 2. The molecule has 72 valence electrons. The molecule has 0 amide bonds. The van der Waals surface area contributed by atoms with Gasteiger partial charge in [-0.15, -0.1) is 0 Å². The van der Waals surface area contributed by atoms with Crippen LogP contribution in [0.3, 0.4) is 0 Å². The van der Waals surface area contributed by atoms with E-state index in [1.165, 1.54) is 6.07 Å². The van der Waals surface area contributed by atoms with Crippen LogP contribution >= 0.6 is 22.9 Å². The fourth-order valence-corrected chi connectivity index (χ4v) is 1.71. The summed E-state index contributed by atoms with van der Waals surface area (Å²) >= 11 is 2.06. The largest absolute Gasteiger partial charge is 0.211 e. The van der Waals surface area contributed by atoms with Crippen LogP contribution in [-0.4, -0.2) is 7.99 Å². The van der Waals surface area contributed by atoms with Crippen molar-refractivity contribution in [3.8, 4) is 0 Å². The lowest BCUT2D eigenvalue weighted by atomic mass is 10.1. The van der Waals surface area contributed by atoms with E-state index in [0.717, 1.165) is 5.69 Å². The van der Waals surface area contributed by atoms with Gasteiger partial charge in [0.2, 0.25) is 0 Å². The van der Waals surface area contributed by atoms with Gasteiger partial charge in [0, 0.05) is 12.6 Å². The third kappa shape index (κ3) is 2.12. The Morgan fingerprint density at radius 3 is 2.71 bits per heavy atom. The molecular formula is C10H8FIN2. The van der Waals surface area contributed by atoms with Crippen LogP contribution in [0.4, 0.5) is 4.39 Å². The Labute approximate surface area is 95.2 Å². The Morgan fingerprint density at radius 2 is 2.07 bits per heavy atom. The van der Waals surface area contributed by atoms with Crippen LogP contribution in [0.5, 0.6) is 0 Å². The number of halogens is 2. The van der Waals surface area contributed by atoms with Crippen LogP contribution in [0.15, 0.2) is 36.5 Å².